The standard InChI is InChI=1S/C8H8N6OS/c1-9-6-4-10-3-2-5(6)7(15)11-8-12-13-14-16-8/h2-4,9H,1H3,(H,11,12,14,15). The molecule has 0 unspecified atom stereocenters. The second kappa shape index (κ2) is 4.62. The molecule has 2 aromatic rings. The first-order valence-corrected chi connectivity index (χ1v) is 5.16. The summed E-state index contributed by atoms with van der Waals surface area (Å²) >= 11 is 1.02. The molecule has 0 aliphatic carbocycles. The van der Waals surface area contributed by atoms with Crippen LogP contribution in [0.25, 0.3) is 0 Å². The number of hydrogen-bond acceptors (Lipinski definition) is 7. The molecule has 82 valence electrons. The summed E-state index contributed by atoms with van der Waals surface area (Å²) in [4.78, 5) is 15.7. The van der Waals surface area contributed by atoms with Crippen molar-refractivity contribution in [3.8, 4) is 0 Å². The van der Waals surface area contributed by atoms with Gasteiger partial charge in [0.15, 0.2) is 0 Å². The van der Waals surface area contributed by atoms with Gasteiger partial charge in [-0.15, -0.1) is 0 Å². The van der Waals surface area contributed by atoms with Crippen LogP contribution >= 0.6 is 11.5 Å². The van der Waals surface area contributed by atoms with Gasteiger partial charge in [-0.25, -0.2) is 0 Å². The topological polar surface area (TPSA) is 92.7 Å². The smallest absolute Gasteiger partial charge is 0.259 e. The molecule has 0 aromatic carbocycles. The summed E-state index contributed by atoms with van der Waals surface area (Å²) in [5.41, 5.74) is 1.14. The maximum absolute atomic E-state index is 11.8. The van der Waals surface area contributed by atoms with Crippen LogP contribution in [0.1, 0.15) is 10.4 Å². The van der Waals surface area contributed by atoms with Crippen LogP contribution in [0.15, 0.2) is 18.5 Å². The van der Waals surface area contributed by atoms with Gasteiger partial charge in [0, 0.05) is 24.8 Å². The summed E-state index contributed by atoms with van der Waals surface area (Å²) in [5, 5.41) is 12.9. The Morgan fingerprint density at radius 2 is 2.38 bits per heavy atom. The van der Waals surface area contributed by atoms with Crippen LogP contribution < -0.4 is 10.6 Å². The SMILES string of the molecule is CNc1cnccc1C(=O)Nc1nnns1. The van der Waals surface area contributed by atoms with Gasteiger partial charge in [-0.1, -0.05) is 9.59 Å². The largest absolute Gasteiger partial charge is 0.386 e. The fourth-order valence-corrected chi connectivity index (χ4v) is 1.50. The highest BCUT2D eigenvalue weighted by atomic mass is 32.1. The number of hydrogen-bond donors (Lipinski definition) is 2. The van der Waals surface area contributed by atoms with Crippen molar-refractivity contribution in [3.05, 3.63) is 24.0 Å². The van der Waals surface area contributed by atoms with Gasteiger partial charge in [0.1, 0.15) is 0 Å². The molecular weight excluding hydrogens is 228 g/mol. The number of rotatable bonds is 3. The van der Waals surface area contributed by atoms with Crippen molar-refractivity contribution in [2.45, 2.75) is 0 Å². The number of nitrogens with zero attached hydrogens (tertiary/aromatic N) is 4. The van der Waals surface area contributed by atoms with Crippen molar-refractivity contribution in [3.63, 3.8) is 0 Å². The molecule has 2 rings (SSSR count). The highest BCUT2D eigenvalue weighted by Gasteiger charge is 2.12. The second-order valence-corrected chi connectivity index (χ2v) is 3.53. The third kappa shape index (κ3) is 2.11. The van der Waals surface area contributed by atoms with E-state index in [0.717, 1.165) is 11.5 Å². The van der Waals surface area contributed by atoms with Crippen molar-refractivity contribution >= 4 is 28.3 Å². The van der Waals surface area contributed by atoms with Crippen LogP contribution in [0, 0.1) is 0 Å². The normalized spacial score (nSPS) is 9.81. The average molecular weight is 236 g/mol. The number of anilines is 2. The van der Waals surface area contributed by atoms with Crippen LogP contribution in [0.2, 0.25) is 0 Å². The van der Waals surface area contributed by atoms with Crippen molar-refractivity contribution in [2.75, 3.05) is 17.7 Å². The minimum Gasteiger partial charge on any atom is -0.386 e. The molecule has 0 spiro atoms. The molecule has 0 saturated heterocycles. The van der Waals surface area contributed by atoms with Gasteiger partial charge in [-0.2, -0.15) is 0 Å². The first kappa shape index (κ1) is 10.4. The Morgan fingerprint density at radius 3 is 3.06 bits per heavy atom. The van der Waals surface area contributed by atoms with Crippen LogP contribution in [0.3, 0.4) is 0 Å². The summed E-state index contributed by atoms with van der Waals surface area (Å²) in [6, 6.07) is 1.62. The lowest BCUT2D eigenvalue weighted by molar-refractivity contribution is 0.102. The molecule has 0 fully saturated rings. The molecule has 7 nitrogen and oxygen atoms in total. The number of carbonyl (C=O) groups excluding carboxylic acids is 1. The first-order valence-electron chi connectivity index (χ1n) is 4.39. The van der Waals surface area contributed by atoms with E-state index < -0.39 is 0 Å². The van der Waals surface area contributed by atoms with Crippen molar-refractivity contribution in [1.82, 2.24) is 19.8 Å². The minimum absolute atomic E-state index is 0.273. The number of aromatic nitrogens is 4. The zero-order valence-corrected chi connectivity index (χ0v) is 9.15. The lowest BCUT2D eigenvalue weighted by Crippen LogP contribution is -2.14. The molecule has 0 bridgehead atoms. The summed E-state index contributed by atoms with van der Waals surface area (Å²) in [7, 11) is 1.72. The molecule has 0 radical (unpaired) electrons. The van der Waals surface area contributed by atoms with Gasteiger partial charge in [0.2, 0.25) is 5.13 Å². The summed E-state index contributed by atoms with van der Waals surface area (Å²) in [5.74, 6) is -0.273. The predicted octanol–water partition coefficient (Wildman–Crippen LogP) is 0.622. The third-order valence-electron chi connectivity index (χ3n) is 1.85. The second-order valence-electron chi connectivity index (χ2n) is 2.79. The average Bonchev–Trinajstić information content (AvgIpc) is 2.81. The molecule has 8 heteroatoms. The van der Waals surface area contributed by atoms with E-state index in [1.165, 1.54) is 0 Å². The molecular formula is C8H8N6OS. The molecule has 0 atom stereocenters. The fourth-order valence-electron chi connectivity index (χ4n) is 1.14. The first-order chi connectivity index (χ1) is 7.81. The molecule has 0 aliphatic rings. The van der Waals surface area contributed by atoms with E-state index in [0.29, 0.717) is 16.4 Å². The van der Waals surface area contributed by atoms with Gasteiger partial charge < -0.3 is 5.32 Å². The van der Waals surface area contributed by atoms with Crippen molar-refractivity contribution < 1.29 is 4.79 Å². The lowest BCUT2D eigenvalue weighted by atomic mass is 10.2. The third-order valence-corrected chi connectivity index (χ3v) is 2.37. The van der Waals surface area contributed by atoms with Crippen LogP contribution in [-0.4, -0.2) is 32.7 Å². The Kier molecular flexibility index (Phi) is 3.01. The summed E-state index contributed by atoms with van der Waals surface area (Å²) < 4.78 is 3.55. The number of amides is 1. The number of carbonyl (C=O) groups is 1. The van der Waals surface area contributed by atoms with Gasteiger partial charge in [-0.05, 0) is 11.3 Å². The number of pyridine rings is 1. The summed E-state index contributed by atoms with van der Waals surface area (Å²) in [6.45, 7) is 0. The van der Waals surface area contributed by atoms with E-state index in [4.69, 9.17) is 0 Å². The monoisotopic (exact) mass is 236 g/mol. The van der Waals surface area contributed by atoms with Crippen LogP contribution in [-0.2, 0) is 0 Å². The quantitative estimate of drug-likeness (QED) is 0.811. The predicted molar refractivity (Wildman–Crippen MR) is 59.4 cm³/mol. The molecule has 1 amide bonds. The van der Waals surface area contributed by atoms with Gasteiger partial charge in [-0.3, -0.25) is 15.1 Å². The number of nitrogens with one attached hydrogen (secondary N) is 2. The van der Waals surface area contributed by atoms with E-state index in [-0.39, 0.29) is 5.91 Å². The highest BCUT2D eigenvalue weighted by Crippen LogP contribution is 2.15. The van der Waals surface area contributed by atoms with E-state index in [1.807, 2.05) is 0 Å². The van der Waals surface area contributed by atoms with Crippen LogP contribution in [0.5, 0.6) is 0 Å². The van der Waals surface area contributed by atoms with E-state index >= 15 is 0 Å². The Morgan fingerprint density at radius 1 is 1.50 bits per heavy atom. The molecule has 0 aliphatic heterocycles. The Balaban J connectivity index is 2.21. The van der Waals surface area contributed by atoms with Gasteiger partial charge in [0.25, 0.3) is 5.91 Å². The Labute approximate surface area is 95.1 Å². The molecule has 2 aromatic heterocycles. The zero-order valence-electron chi connectivity index (χ0n) is 8.34. The van der Waals surface area contributed by atoms with Gasteiger partial charge >= 0.3 is 0 Å². The van der Waals surface area contributed by atoms with Crippen LogP contribution in [0.4, 0.5) is 10.8 Å². The highest BCUT2D eigenvalue weighted by molar-refractivity contribution is 7.09. The Hall–Kier alpha value is -2.09. The van der Waals surface area contributed by atoms with Gasteiger partial charge in [0.05, 0.1) is 17.4 Å². The fraction of sp³-hybridized carbons (Fsp3) is 0.125. The summed E-state index contributed by atoms with van der Waals surface area (Å²) in [6.07, 6.45) is 3.13. The molecule has 2 heterocycles. The minimum atomic E-state index is -0.273. The maximum Gasteiger partial charge on any atom is 0.259 e. The molecule has 2 N–H and O–H groups in total. The maximum atomic E-state index is 11.8. The lowest BCUT2D eigenvalue weighted by Gasteiger charge is -2.06. The Bertz CT molecular complexity index is 485. The van der Waals surface area contributed by atoms with Crippen molar-refractivity contribution in [2.24, 2.45) is 0 Å². The zero-order chi connectivity index (χ0) is 11.4. The molecule has 16 heavy (non-hydrogen) atoms. The van der Waals surface area contributed by atoms with Crippen molar-refractivity contribution in [1.29, 1.82) is 0 Å². The van der Waals surface area contributed by atoms with E-state index in [1.54, 1.807) is 25.5 Å². The van der Waals surface area contributed by atoms with E-state index in [2.05, 4.69) is 30.4 Å². The molecule has 0 saturated carbocycles. The van der Waals surface area contributed by atoms with E-state index in [9.17, 15) is 4.79 Å².